The number of benzene rings is 3. The Balaban J connectivity index is 1.07. The summed E-state index contributed by atoms with van der Waals surface area (Å²) in [5.74, 6) is 0.360. The average Bonchev–Trinajstić information content (AvgIpc) is 3.82. The molecule has 7 rings (SSSR count). The fourth-order valence-corrected chi connectivity index (χ4v) is 9.91. The largest absolute Gasteiger partial charge is 0.536 e. The van der Waals surface area contributed by atoms with Gasteiger partial charge in [-0.05, 0) is 41.1 Å². The number of nitrogens with one attached hydrogen (secondary N) is 1. The Bertz CT molecular complexity index is 2270. The highest BCUT2D eigenvalue weighted by atomic mass is 32.2. The molecule has 3 aromatic carbocycles. The predicted octanol–water partition coefficient (Wildman–Crippen LogP) is 6.20. The Morgan fingerprint density at radius 2 is 1.59 bits per heavy atom. The first-order valence-corrected chi connectivity index (χ1v) is 22.3. The molecule has 0 radical (unpaired) electrons. The Hall–Kier alpha value is -3.25. The van der Waals surface area contributed by atoms with Crippen molar-refractivity contribution in [2.45, 2.75) is 55.8 Å². The van der Waals surface area contributed by atoms with Gasteiger partial charge >= 0.3 is 23.5 Å². The number of thioether (sulfide) groups is 1. The van der Waals surface area contributed by atoms with Crippen molar-refractivity contribution in [1.82, 2.24) is 19.5 Å². The van der Waals surface area contributed by atoms with E-state index in [-0.39, 0.29) is 5.75 Å². The molecule has 0 spiro atoms. The Morgan fingerprint density at radius 1 is 0.870 bits per heavy atom. The van der Waals surface area contributed by atoms with Gasteiger partial charge in [0.15, 0.2) is 34.7 Å². The van der Waals surface area contributed by atoms with Crippen molar-refractivity contribution in [3.8, 4) is 5.75 Å². The summed E-state index contributed by atoms with van der Waals surface area (Å²) in [6, 6.07) is 20.8. The van der Waals surface area contributed by atoms with Gasteiger partial charge in [0.05, 0.1) is 12.9 Å². The van der Waals surface area contributed by atoms with E-state index in [0.717, 1.165) is 17.4 Å². The molecule has 2 fully saturated rings. The second kappa shape index (κ2) is 16.1. The molecule has 0 aliphatic carbocycles. The molecule has 288 valence electrons. The molecular weight excluding hydrogens is 787 g/mol. The monoisotopic (exact) mass is 823 g/mol. The maximum atomic E-state index is 13.0. The lowest BCUT2D eigenvalue weighted by Crippen LogP contribution is -2.31. The summed E-state index contributed by atoms with van der Waals surface area (Å²) in [7, 11) is -16.6. The second-order valence-corrected chi connectivity index (χ2v) is 17.5. The summed E-state index contributed by atoms with van der Waals surface area (Å²) >= 11 is 1.34. The van der Waals surface area contributed by atoms with E-state index in [1.165, 1.54) is 30.2 Å². The molecule has 4 heterocycles. The van der Waals surface area contributed by atoms with Crippen LogP contribution in [-0.2, 0) is 47.5 Å². The van der Waals surface area contributed by atoms with Crippen molar-refractivity contribution in [3.05, 3.63) is 84.7 Å². The molecule has 2 aliphatic heterocycles. The number of aromatic nitrogens is 4. The Morgan fingerprint density at radius 3 is 2.35 bits per heavy atom. The van der Waals surface area contributed by atoms with E-state index in [9.17, 15) is 28.4 Å². The smallest absolute Gasteiger partial charge is 0.404 e. The molecule has 4 N–H and O–H groups in total. The zero-order valence-corrected chi connectivity index (χ0v) is 32.2. The summed E-state index contributed by atoms with van der Waals surface area (Å²) in [6.45, 7) is 1.96. The van der Waals surface area contributed by atoms with Gasteiger partial charge in [-0.3, -0.25) is 14.0 Å². The third kappa shape index (κ3) is 9.06. The van der Waals surface area contributed by atoms with E-state index in [1.807, 2.05) is 43.5 Å². The van der Waals surface area contributed by atoms with Crippen LogP contribution in [0.5, 0.6) is 5.75 Å². The molecule has 5 unspecified atom stereocenters. The number of phosphoric ester groups is 2. The maximum absolute atomic E-state index is 13.0. The highest BCUT2D eigenvalue weighted by Gasteiger charge is 2.55. The van der Waals surface area contributed by atoms with Crippen LogP contribution < -0.4 is 9.84 Å². The SMILES string of the molecule is CCCNc1nc(SC)nc2c1ncn2[C@@H]1O[C@H](COP(=O)(O)OP(=O)(O)OP(=O)(O)Oc2ccc3ccccc3c2)[C@@H]2OC(Cc3ccccc3)OC21. The molecule has 22 heteroatoms. The van der Waals surface area contributed by atoms with E-state index in [4.69, 9.17) is 23.3 Å². The zero-order chi connectivity index (χ0) is 38.1. The summed E-state index contributed by atoms with van der Waals surface area (Å²) < 4.78 is 77.5. The van der Waals surface area contributed by atoms with Gasteiger partial charge < -0.3 is 33.8 Å². The quantitative estimate of drug-likeness (QED) is 0.0492. The van der Waals surface area contributed by atoms with Crippen LogP contribution in [0.1, 0.15) is 25.1 Å². The van der Waals surface area contributed by atoms with Gasteiger partial charge in [0.2, 0.25) is 0 Å². The summed E-state index contributed by atoms with van der Waals surface area (Å²) in [5, 5.41) is 5.18. The van der Waals surface area contributed by atoms with Gasteiger partial charge in [-0.1, -0.05) is 79.3 Å². The van der Waals surface area contributed by atoms with E-state index in [0.29, 0.717) is 40.5 Å². The number of phosphoric acid groups is 3. The van der Waals surface area contributed by atoms with Gasteiger partial charge in [-0.15, -0.1) is 0 Å². The number of ether oxygens (including phenoxy) is 3. The Kier molecular flexibility index (Phi) is 11.6. The molecule has 0 amide bonds. The summed E-state index contributed by atoms with van der Waals surface area (Å²) in [5.41, 5.74) is 1.85. The lowest BCUT2D eigenvalue weighted by molar-refractivity contribution is -0.149. The van der Waals surface area contributed by atoms with Crippen molar-refractivity contribution >= 4 is 63.0 Å². The fraction of sp³-hybridized carbons (Fsp3) is 0.344. The van der Waals surface area contributed by atoms with Gasteiger partial charge in [0, 0.05) is 13.0 Å². The summed E-state index contributed by atoms with van der Waals surface area (Å²) in [6.07, 6.45) is 0.164. The molecule has 54 heavy (non-hydrogen) atoms. The van der Waals surface area contributed by atoms with Gasteiger partial charge in [0.25, 0.3) is 0 Å². The van der Waals surface area contributed by atoms with Crippen LogP contribution >= 0.6 is 35.2 Å². The second-order valence-electron chi connectivity index (χ2n) is 12.2. The van der Waals surface area contributed by atoms with Crippen molar-refractivity contribution in [2.24, 2.45) is 0 Å². The molecule has 0 saturated carbocycles. The Labute approximate surface area is 312 Å². The van der Waals surface area contributed by atoms with Crippen LogP contribution in [-0.4, -0.2) is 78.2 Å². The van der Waals surface area contributed by atoms with E-state index in [1.54, 1.807) is 34.9 Å². The number of fused-ring (bicyclic) bond motifs is 3. The molecule has 8 atom stereocenters. The first kappa shape index (κ1) is 39.0. The van der Waals surface area contributed by atoms with Gasteiger partial charge in [-0.25, -0.2) is 28.6 Å². The van der Waals surface area contributed by atoms with Crippen LogP contribution in [0.3, 0.4) is 0 Å². The van der Waals surface area contributed by atoms with Crippen molar-refractivity contribution < 1.29 is 60.3 Å². The number of nitrogens with zero attached hydrogens (tertiary/aromatic N) is 4. The minimum Gasteiger partial charge on any atom is -0.404 e. The maximum Gasteiger partial charge on any atom is 0.536 e. The third-order valence-corrected chi connectivity index (χ3v) is 13.1. The lowest BCUT2D eigenvalue weighted by atomic mass is 10.1. The molecule has 18 nitrogen and oxygen atoms in total. The molecule has 5 aromatic rings. The fourth-order valence-electron chi connectivity index (χ4n) is 6.04. The molecule has 0 bridgehead atoms. The van der Waals surface area contributed by atoms with Gasteiger partial charge in [0.1, 0.15) is 24.1 Å². The summed E-state index contributed by atoms with van der Waals surface area (Å²) in [4.78, 5) is 44.7. The van der Waals surface area contributed by atoms with E-state index < -0.39 is 60.9 Å². The van der Waals surface area contributed by atoms with Crippen molar-refractivity contribution in [3.63, 3.8) is 0 Å². The molecule has 2 aliphatic rings. The van der Waals surface area contributed by atoms with Crippen LogP contribution in [0.25, 0.3) is 21.9 Å². The number of hydrogen-bond donors (Lipinski definition) is 4. The first-order chi connectivity index (χ1) is 25.8. The van der Waals surface area contributed by atoms with Crippen LogP contribution in [0.4, 0.5) is 5.82 Å². The number of rotatable bonds is 16. The third-order valence-electron chi connectivity index (χ3n) is 8.30. The number of imidazole rings is 1. The predicted molar refractivity (Wildman–Crippen MR) is 196 cm³/mol. The first-order valence-electron chi connectivity index (χ1n) is 16.6. The zero-order valence-electron chi connectivity index (χ0n) is 28.7. The minimum atomic E-state index is -5.76. The van der Waals surface area contributed by atoms with Crippen LogP contribution in [0.15, 0.2) is 84.3 Å². The standard InChI is InChI=1S/C32H36N5O13P3S/c1-3-15-33-29-26-30(36-32(35-29)54-2)37(19-34-26)31-28-27(46-25(47-28)16-20-9-5-4-6-10-20)24(45-31)18-44-51(38,39)49-53(42,43)50-52(40,41)48-23-14-13-21-11-7-8-12-22(21)17-23/h4-14,17,19,24-25,27-28,31H,3,15-16,18H2,1-2H3,(H,38,39)(H,40,41)(H,42,43)(H,33,35,36)/t24-,25?,27+,28?,31-/m1/s1. The molecule has 2 aromatic heterocycles. The number of anilines is 1. The highest BCUT2D eigenvalue weighted by molar-refractivity contribution is 7.98. The normalized spacial score (nSPS) is 24.5. The molecular formula is C32H36N5O13P3S. The topological polar surface area (TPSA) is 232 Å². The van der Waals surface area contributed by atoms with Gasteiger partial charge in [-0.2, -0.15) is 8.62 Å². The number of hydrogen-bond acceptors (Lipinski definition) is 15. The van der Waals surface area contributed by atoms with Crippen LogP contribution in [0.2, 0.25) is 0 Å². The minimum absolute atomic E-state index is 0.176. The van der Waals surface area contributed by atoms with Crippen LogP contribution in [0, 0.1) is 0 Å². The van der Waals surface area contributed by atoms with E-state index >= 15 is 0 Å². The molecule has 2 saturated heterocycles. The van der Waals surface area contributed by atoms with E-state index in [2.05, 4.69) is 28.9 Å². The van der Waals surface area contributed by atoms with Crippen molar-refractivity contribution in [2.75, 3.05) is 24.7 Å². The van der Waals surface area contributed by atoms with Crippen molar-refractivity contribution in [1.29, 1.82) is 0 Å². The highest BCUT2D eigenvalue weighted by Crippen LogP contribution is 2.67. The average molecular weight is 824 g/mol. The lowest BCUT2D eigenvalue weighted by Gasteiger charge is -2.22.